The zero-order valence-electron chi connectivity index (χ0n) is 14.4. The monoisotopic (exact) mass is 395 g/mol. The van der Waals surface area contributed by atoms with Crippen LogP contribution in [0.25, 0.3) is 22.1 Å². The average Bonchev–Trinajstić information content (AvgIpc) is 2.91. The molecule has 1 N–H and O–H groups in total. The molecule has 1 nitrogen and oxygen atoms in total. The molecule has 0 aromatic heterocycles. The van der Waals surface area contributed by atoms with Gasteiger partial charge in [0.25, 0.3) is 0 Å². The van der Waals surface area contributed by atoms with Crippen molar-refractivity contribution in [3.63, 3.8) is 0 Å². The van der Waals surface area contributed by atoms with Crippen molar-refractivity contribution in [2.24, 2.45) is 0 Å². The summed E-state index contributed by atoms with van der Waals surface area (Å²) >= 11 is 0. The smallest absolute Gasteiger partial charge is 1.00 e. The second kappa shape index (κ2) is 11.0. The summed E-state index contributed by atoms with van der Waals surface area (Å²) in [7, 11) is 0. The minimum atomic E-state index is -0.250. The molecule has 24 heavy (non-hydrogen) atoms. The molecule has 2 aromatic carbocycles. The summed E-state index contributed by atoms with van der Waals surface area (Å²) < 4.78 is 0. The van der Waals surface area contributed by atoms with Crippen molar-refractivity contribution in [2.45, 2.75) is 32.7 Å². The van der Waals surface area contributed by atoms with Gasteiger partial charge in [-0.25, -0.2) is 0 Å². The maximum absolute atomic E-state index is 6.94. The van der Waals surface area contributed by atoms with Gasteiger partial charge in [0.15, 0.2) is 0 Å². The van der Waals surface area contributed by atoms with Crippen LogP contribution in [0.1, 0.15) is 38.3 Å². The molecule has 4 heteroatoms. The van der Waals surface area contributed by atoms with Crippen LogP contribution in [-0.4, -0.2) is 5.54 Å². The van der Waals surface area contributed by atoms with E-state index < -0.39 is 0 Å². The Morgan fingerprint density at radius 1 is 1.00 bits per heavy atom. The van der Waals surface area contributed by atoms with Crippen LogP contribution in [0.5, 0.6) is 0 Å². The van der Waals surface area contributed by atoms with Gasteiger partial charge in [-0.3, -0.25) is 0 Å². The Bertz CT molecular complexity index is 694. The molecule has 0 fully saturated rings. The Morgan fingerprint density at radius 3 is 2.12 bits per heavy atom. The Kier molecular flexibility index (Phi) is 11.7. The number of nitrogens with one attached hydrogen (secondary N) is 1. The van der Waals surface area contributed by atoms with E-state index in [-0.39, 0.29) is 52.1 Å². The van der Waals surface area contributed by atoms with Crippen molar-refractivity contribution in [2.75, 3.05) is 0 Å². The van der Waals surface area contributed by atoms with E-state index >= 15 is 0 Å². The van der Waals surface area contributed by atoms with Crippen molar-refractivity contribution < 1.29 is 46.5 Å². The minimum absolute atomic E-state index is 0. The van der Waals surface area contributed by atoms with Crippen molar-refractivity contribution in [3.8, 4) is 0 Å². The predicted octanol–water partition coefficient (Wildman–Crippen LogP) is 0.208. The van der Waals surface area contributed by atoms with Gasteiger partial charge >= 0.3 is 21.7 Å². The second-order valence-electron chi connectivity index (χ2n) is 6.39. The number of benzene rings is 2. The molecule has 0 saturated carbocycles. The molecule has 0 amide bonds. The average molecular weight is 396 g/mol. The first-order valence-electron chi connectivity index (χ1n) is 7.31. The van der Waals surface area contributed by atoms with E-state index in [1.165, 1.54) is 21.9 Å². The van der Waals surface area contributed by atoms with Gasteiger partial charge in [0.1, 0.15) is 0 Å². The number of fused-ring (bicyclic) bond motifs is 1. The van der Waals surface area contributed by atoms with E-state index in [1.807, 2.05) is 20.8 Å². The first-order valence-corrected chi connectivity index (χ1v) is 7.31. The summed E-state index contributed by atoms with van der Waals surface area (Å²) in [5.41, 5.74) is 10.5. The third-order valence-electron chi connectivity index (χ3n) is 3.16. The van der Waals surface area contributed by atoms with Crippen LogP contribution in [0.15, 0.2) is 54.6 Å². The molecule has 0 bridgehead atoms. The van der Waals surface area contributed by atoms with Crippen LogP contribution in [0.2, 0.25) is 0 Å². The van der Waals surface area contributed by atoms with Gasteiger partial charge < -0.3 is 30.5 Å². The molecular weight excluding hydrogens is 373 g/mol. The minimum Gasteiger partial charge on any atom is -1.00 e. The standard InChI is InChI=1S/C16H13.C4H10N.2ClH.Ti/c1-12-15-9-5-4-8-14(15)10-11-16(12)13-6-2-3-7-13;1-4(2,3)5;;;/h2-6,8-11H,1,7H2;5H,1-3H3;2*1H;/q2*-1;;;+2/p-2. The molecule has 0 spiro atoms. The van der Waals surface area contributed by atoms with Gasteiger partial charge in [-0.15, -0.1) is 28.6 Å². The van der Waals surface area contributed by atoms with Crippen LogP contribution < -0.4 is 24.8 Å². The zero-order valence-corrected chi connectivity index (χ0v) is 17.4. The number of rotatable bonds is 1. The van der Waals surface area contributed by atoms with Crippen molar-refractivity contribution in [3.05, 3.63) is 78.4 Å². The maximum Gasteiger partial charge on any atom is 2.00 e. The first-order chi connectivity index (χ1) is 9.86. The Morgan fingerprint density at radius 2 is 1.58 bits per heavy atom. The van der Waals surface area contributed by atoms with Gasteiger partial charge in [-0.05, 0) is 6.42 Å². The van der Waals surface area contributed by atoms with Crippen LogP contribution in [-0.2, 0) is 21.7 Å². The third-order valence-corrected chi connectivity index (χ3v) is 3.16. The van der Waals surface area contributed by atoms with Crippen LogP contribution >= 0.6 is 0 Å². The Labute approximate surface area is 173 Å². The molecule has 0 radical (unpaired) electrons. The predicted molar refractivity (Wildman–Crippen MR) is 94.2 cm³/mol. The number of allylic oxidation sites excluding steroid dienone is 4. The van der Waals surface area contributed by atoms with E-state index in [0.29, 0.717) is 0 Å². The second-order valence-corrected chi connectivity index (χ2v) is 6.39. The molecule has 2 aromatic rings. The summed E-state index contributed by atoms with van der Waals surface area (Å²) in [5, 5.41) is 2.52. The molecule has 0 saturated heterocycles. The molecule has 0 unspecified atom stereocenters. The summed E-state index contributed by atoms with van der Waals surface area (Å²) in [6.07, 6.45) is 7.51. The Hall–Kier alpha value is -0.696. The molecule has 0 aliphatic heterocycles. The fourth-order valence-electron chi connectivity index (χ4n) is 2.28. The normalized spacial score (nSPS) is 12.1. The summed E-state index contributed by atoms with van der Waals surface area (Å²) in [4.78, 5) is 0. The van der Waals surface area contributed by atoms with Gasteiger partial charge in [0.05, 0.1) is 0 Å². The summed E-state index contributed by atoms with van der Waals surface area (Å²) in [6, 6.07) is 12.8. The van der Waals surface area contributed by atoms with E-state index in [1.54, 1.807) is 0 Å². The van der Waals surface area contributed by atoms with Gasteiger partial charge in [-0.1, -0.05) is 74.2 Å². The first kappa shape index (κ1) is 25.5. The van der Waals surface area contributed by atoms with E-state index in [2.05, 4.69) is 61.5 Å². The molecule has 0 heterocycles. The SMILES string of the molecule is CC(C)(C)[NH-].[CH2-]c1c(C2=CC=CC2)ccc2ccccc12.[Cl-].[Cl-].[Ti+2]. The quantitative estimate of drug-likeness (QED) is 0.487. The zero-order chi connectivity index (χ0) is 15.5. The number of halogens is 2. The summed E-state index contributed by atoms with van der Waals surface area (Å²) in [6.45, 7) is 9.79. The fraction of sp³-hybridized carbons (Fsp3) is 0.250. The van der Waals surface area contributed by atoms with Gasteiger partial charge in [-0.2, -0.15) is 12.5 Å². The largest absolute Gasteiger partial charge is 2.00 e. The fourth-order valence-corrected chi connectivity index (χ4v) is 2.28. The van der Waals surface area contributed by atoms with Crippen molar-refractivity contribution >= 4 is 16.3 Å². The van der Waals surface area contributed by atoms with Crippen molar-refractivity contribution in [1.82, 2.24) is 0 Å². The molecule has 1 aliphatic carbocycles. The van der Waals surface area contributed by atoms with E-state index in [9.17, 15) is 0 Å². The van der Waals surface area contributed by atoms with Crippen molar-refractivity contribution in [1.29, 1.82) is 0 Å². The number of hydrogen-bond acceptors (Lipinski definition) is 0. The van der Waals surface area contributed by atoms with E-state index in [0.717, 1.165) is 12.0 Å². The molecule has 3 rings (SSSR count). The molecular formula is C20H23Cl2NTi-2. The summed E-state index contributed by atoms with van der Waals surface area (Å²) in [5.74, 6) is 0. The van der Waals surface area contributed by atoms with Crippen LogP contribution in [0.3, 0.4) is 0 Å². The van der Waals surface area contributed by atoms with Gasteiger partial charge in [0, 0.05) is 0 Å². The number of hydrogen-bond donors (Lipinski definition) is 0. The molecule has 1 aliphatic rings. The van der Waals surface area contributed by atoms with E-state index in [4.69, 9.17) is 5.73 Å². The third kappa shape index (κ3) is 7.46. The molecule has 128 valence electrons. The topological polar surface area (TPSA) is 23.8 Å². The maximum atomic E-state index is 6.94. The molecule has 0 atom stereocenters. The van der Waals surface area contributed by atoms with Gasteiger partial charge in [0.2, 0.25) is 0 Å². The van der Waals surface area contributed by atoms with Crippen LogP contribution in [0.4, 0.5) is 0 Å². The van der Waals surface area contributed by atoms with Crippen LogP contribution in [0, 0.1) is 6.92 Å². The Balaban J connectivity index is 0.